The zero-order valence-corrected chi connectivity index (χ0v) is 8.77. The highest BCUT2D eigenvalue weighted by Crippen LogP contribution is 2.02. The van der Waals surface area contributed by atoms with Gasteiger partial charge in [-0.15, -0.1) is 0 Å². The minimum Gasteiger partial charge on any atom is -0.392 e. The van der Waals surface area contributed by atoms with E-state index in [1.54, 1.807) is 18.9 Å². The van der Waals surface area contributed by atoms with Crippen LogP contribution in [0.2, 0.25) is 0 Å². The van der Waals surface area contributed by atoms with Gasteiger partial charge in [0.2, 0.25) is 0 Å². The molecule has 5 heteroatoms. The Morgan fingerprint density at radius 1 is 1.57 bits per heavy atom. The highest BCUT2D eigenvalue weighted by Gasteiger charge is 2.20. The lowest BCUT2D eigenvalue weighted by Crippen LogP contribution is -2.48. The van der Waals surface area contributed by atoms with Gasteiger partial charge in [0.1, 0.15) is 0 Å². The van der Waals surface area contributed by atoms with Gasteiger partial charge in [0, 0.05) is 26.7 Å². The van der Waals surface area contributed by atoms with Gasteiger partial charge in [-0.1, -0.05) is 0 Å². The van der Waals surface area contributed by atoms with Gasteiger partial charge >= 0.3 is 6.03 Å². The van der Waals surface area contributed by atoms with Gasteiger partial charge in [-0.05, 0) is 6.92 Å². The molecule has 2 amide bonds. The van der Waals surface area contributed by atoms with E-state index in [4.69, 9.17) is 9.84 Å². The average molecular weight is 202 g/mol. The summed E-state index contributed by atoms with van der Waals surface area (Å²) in [6.45, 7) is 4.54. The Kier molecular flexibility index (Phi) is 4.16. The van der Waals surface area contributed by atoms with Gasteiger partial charge in [-0.2, -0.15) is 0 Å². The maximum atomic E-state index is 11.7. The summed E-state index contributed by atoms with van der Waals surface area (Å²) in [6.07, 6.45) is -0.481. The first-order chi connectivity index (χ1) is 6.61. The minimum absolute atomic E-state index is 0.0331. The molecule has 0 aromatic heterocycles. The molecule has 0 radical (unpaired) electrons. The van der Waals surface area contributed by atoms with E-state index in [0.29, 0.717) is 32.8 Å². The van der Waals surface area contributed by atoms with Crippen molar-refractivity contribution in [1.29, 1.82) is 0 Å². The lowest BCUT2D eigenvalue weighted by Gasteiger charge is -2.31. The number of ether oxygens (including phenoxy) is 1. The maximum Gasteiger partial charge on any atom is 0.319 e. The SMILES string of the molecule is CC(O)CN(C)C(=O)N1CCOCC1. The molecule has 1 rings (SSSR count). The van der Waals surface area contributed by atoms with Crippen molar-refractivity contribution in [1.82, 2.24) is 9.80 Å². The van der Waals surface area contributed by atoms with Crippen LogP contribution in [0.4, 0.5) is 4.79 Å². The first-order valence-corrected chi connectivity index (χ1v) is 4.87. The van der Waals surface area contributed by atoms with Crippen LogP contribution in [0.5, 0.6) is 0 Å². The second kappa shape index (κ2) is 5.17. The number of carbonyl (C=O) groups is 1. The molecule has 1 N–H and O–H groups in total. The summed E-state index contributed by atoms with van der Waals surface area (Å²) in [6, 6.07) is -0.0331. The molecule has 0 spiro atoms. The third kappa shape index (κ3) is 3.16. The van der Waals surface area contributed by atoms with Crippen LogP contribution in [0.1, 0.15) is 6.92 Å². The second-order valence-corrected chi connectivity index (χ2v) is 3.61. The summed E-state index contributed by atoms with van der Waals surface area (Å²) in [7, 11) is 1.70. The fourth-order valence-electron chi connectivity index (χ4n) is 1.47. The molecule has 1 heterocycles. The van der Waals surface area contributed by atoms with E-state index >= 15 is 0 Å². The number of nitrogens with zero attached hydrogens (tertiary/aromatic N) is 2. The molecule has 1 aliphatic rings. The van der Waals surface area contributed by atoms with Crippen molar-refractivity contribution in [3.8, 4) is 0 Å². The summed E-state index contributed by atoms with van der Waals surface area (Å²) >= 11 is 0. The van der Waals surface area contributed by atoms with E-state index in [2.05, 4.69) is 0 Å². The Labute approximate surface area is 84.2 Å². The van der Waals surface area contributed by atoms with Gasteiger partial charge in [0.15, 0.2) is 0 Å². The standard InChI is InChI=1S/C9H18N2O3/c1-8(12)7-10(2)9(13)11-3-5-14-6-4-11/h8,12H,3-7H2,1-2H3. The number of aliphatic hydroxyl groups excluding tert-OH is 1. The third-order valence-electron chi connectivity index (χ3n) is 2.15. The molecular weight excluding hydrogens is 184 g/mol. The monoisotopic (exact) mass is 202 g/mol. The molecule has 0 aromatic rings. The molecule has 0 bridgehead atoms. The first kappa shape index (κ1) is 11.3. The lowest BCUT2D eigenvalue weighted by atomic mass is 10.4. The summed E-state index contributed by atoms with van der Waals surface area (Å²) in [4.78, 5) is 15.0. The zero-order valence-electron chi connectivity index (χ0n) is 8.77. The topological polar surface area (TPSA) is 53.0 Å². The Hall–Kier alpha value is -0.810. The predicted octanol–water partition coefficient (Wildman–Crippen LogP) is -0.249. The summed E-state index contributed by atoms with van der Waals surface area (Å²) in [5, 5.41) is 9.13. The van der Waals surface area contributed by atoms with Crippen LogP contribution < -0.4 is 0 Å². The summed E-state index contributed by atoms with van der Waals surface area (Å²) in [5.41, 5.74) is 0. The molecule has 1 aliphatic heterocycles. The number of hydrogen-bond donors (Lipinski definition) is 1. The quantitative estimate of drug-likeness (QED) is 0.672. The van der Waals surface area contributed by atoms with Crippen LogP contribution in [0.25, 0.3) is 0 Å². The van der Waals surface area contributed by atoms with Crippen LogP contribution in [0.3, 0.4) is 0 Å². The minimum atomic E-state index is -0.481. The normalized spacial score (nSPS) is 19.2. The molecule has 5 nitrogen and oxygen atoms in total. The highest BCUT2D eigenvalue weighted by molar-refractivity contribution is 5.74. The van der Waals surface area contributed by atoms with Crippen molar-refractivity contribution >= 4 is 6.03 Å². The molecule has 1 unspecified atom stereocenters. The first-order valence-electron chi connectivity index (χ1n) is 4.87. The van der Waals surface area contributed by atoms with Crippen molar-refractivity contribution in [2.24, 2.45) is 0 Å². The van der Waals surface area contributed by atoms with E-state index in [-0.39, 0.29) is 6.03 Å². The molecule has 0 aliphatic carbocycles. The number of carbonyl (C=O) groups excluding carboxylic acids is 1. The molecule has 1 atom stereocenters. The molecule has 14 heavy (non-hydrogen) atoms. The molecule has 0 aromatic carbocycles. The number of morpholine rings is 1. The fraction of sp³-hybridized carbons (Fsp3) is 0.889. The van der Waals surface area contributed by atoms with Crippen LogP contribution in [-0.4, -0.2) is 66.9 Å². The number of aliphatic hydroxyl groups is 1. The Morgan fingerprint density at radius 2 is 2.14 bits per heavy atom. The van der Waals surface area contributed by atoms with Gasteiger partial charge < -0.3 is 19.6 Å². The molecule has 0 saturated carbocycles. The van der Waals surface area contributed by atoms with Crippen LogP contribution >= 0.6 is 0 Å². The highest BCUT2D eigenvalue weighted by atomic mass is 16.5. The number of rotatable bonds is 2. The van der Waals surface area contributed by atoms with Crippen LogP contribution in [-0.2, 0) is 4.74 Å². The zero-order chi connectivity index (χ0) is 10.6. The van der Waals surface area contributed by atoms with Gasteiger partial charge in [0.05, 0.1) is 19.3 Å². The van der Waals surface area contributed by atoms with Gasteiger partial charge in [-0.25, -0.2) is 4.79 Å². The van der Waals surface area contributed by atoms with Crippen molar-refractivity contribution in [3.63, 3.8) is 0 Å². The smallest absolute Gasteiger partial charge is 0.319 e. The number of urea groups is 1. The average Bonchev–Trinajstić information content (AvgIpc) is 2.17. The largest absolute Gasteiger partial charge is 0.392 e. The molecule has 1 saturated heterocycles. The van der Waals surface area contributed by atoms with E-state index in [9.17, 15) is 4.79 Å². The van der Waals surface area contributed by atoms with Crippen LogP contribution in [0.15, 0.2) is 0 Å². The maximum absolute atomic E-state index is 11.7. The molecule has 1 fully saturated rings. The Bertz CT molecular complexity index is 190. The third-order valence-corrected chi connectivity index (χ3v) is 2.15. The van der Waals surface area contributed by atoms with Gasteiger partial charge in [-0.3, -0.25) is 0 Å². The molecule has 82 valence electrons. The van der Waals surface area contributed by atoms with Crippen molar-refractivity contribution in [3.05, 3.63) is 0 Å². The van der Waals surface area contributed by atoms with Crippen molar-refractivity contribution < 1.29 is 14.6 Å². The molecular formula is C9H18N2O3. The van der Waals surface area contributed by atoms with Gasteiger partial charge in [0.25, 0.3) is 0 Å². The second-order valence-electron chi connectivity index (χ2n) is 3.61. The van der Waals surface area contributed by atoms with E-state index in [1.165, 1.54) is 4.90 Å². The lowest BCUT2D eigenvalue weighted by molar-refractivity contribution is 0.0416. The summed E-state index contributed by atoms with van der Waals surface area (Å²) < 4.78 is 5.15. The Balaban J connectivity index is 2.38. The number of hydrogen-bond acceptors (Lipinski definition) is 3. The fourth-order valence-corrected chi connectivity index (χ4v) is 1.47. The van der Waals surface area contributed by atoms with E-state index in [1.807, 2.05) is 0 Å². The number of likely N-dealkylation sites (N-methyl/N-ethyl adjacent to an activating group) is 1. The van der Waals surface area contributed by atoms with Crippen molar-refractivity contribution in [2.45, 2.75) is 13.0 Å². The van der Waals surface area contributed by atoms with E-state index < -0.39 is 6.10 Å². The number of amides is 2. The Morgan fingerprint density at radius 3 is 2.64 bits per heavy atom. The predicted molar refractivity (Wildman–Crippen MR) is 52.1 cm³/mol. The van der Waals surface area contributed by atoms with E-state index in [0.717, 1.165) is 0 Å². The van der Waals surface area contributed by atoms with Crippen LogP contribution in [0, 0.1) is 0 Å². The van der Waals surface area contributed by atoms with Crippen molar-refractivity contribution in [2.75, 3.05) is 39.9 Å². The summed E-state index contributed by atoms with van der Waals surface area (Å²) in [5.74, 6) is 0.